The average Bonchev–Trinajstić information content (AvgIpc) is 3.25. The lowest BCUT2D eigenvalue weighted by molar-refractivity contribution is -0.00294. The molecular weight excluding hydrogens is 428 g/mol. The standard InChI is InChI=1S/C24H29F2N5O2/c1-2-33-23(32)31-15-24(16-31)8-7-17(14-24)29-10-12-30(13-11-29)22-18(5-6-20(26)28-22)21-19(25)4-3-9-27-21/h3-6,9,17H,2,7-8,10-16H2,1H3/t17-/m1/s1. The predicted molar refractivity (Wildman–Crippen MR) is 120 cm³/mol. The summed E-state index contributed by atoms with van der Waals surface area (Å²) in [4.78, 5) is 26.5. The van der Waals surface area contributed by atoms with Crippen molar-refractivity contribution in [2.24, 2.45) is 5.41 Å². The molecule has 0 aromatic carbocycles. The molecule has 0 radical (unpaired) electrons. The molecule has 2 aromatic rings. The molecule has 3 fully saturated rings. The molecule has 0 unspecified atom stereocenters. The number of hydrogen-bond donors (Lipinski definition) is 0. The van der Waals surface area contributed by atoms with Crippen LogP contribution in [0.1, 0.15) is 26.2 Å². The summed E-state index contributed by atoms with van der Waals surface area (Å²) in [6, 6.07) is 6.19. The van der Waals surface area contributed by atoms with E-state index in [2.05, 4.69) is 14.9 Å². The molecule has 1 aliphatic carbocycles. The fourth-order valence-electron chi connectivity index (χ4n) is 5.62. The van der Waals surface area contributed by atoms with Gasteiger partial charge in [-0.1, -0.05) is 0 Å². The van der Waals surface area contributed by atoms with E-state index in [-0.39, 0.29) is 17.2 Å². The van der Waals surface area contributed by atoms with Crippen molar-refractivity contribution in [2.75, 3.05) is 50.8 Å². The van der Waals surface area contributed by atoms with Gasteiger partial charge in [-0.25, -0.2) is 14.2 Å². The number of likely N-dealkylation sites (tertiary alicyclic amines) is 1. The van der Waals surface area contributed by atoms with E-state index in [4.69, 9.17) is 4.74 Å². The topological polar surface area (TPSA) is 61.8 Å². The first kappa shape index (κ1) is 22.0. The van der Waals surface area contributed by atoms with Crippen LogP contribution in [0.4, 0.5) is 19.4 Å². The minimum absolute atomic E-state index is 0.191. The van der Waals surface area contributed by atoms with Gasteiger partial charge in [-0.2, -0.15) is 4.39 Å². The Hall–Kier alpha value is -2.81. The second-order valence-electron chi connectivity index (χ2n) is 9.31. The van der Waals surface area contributed by atoms with Crippen LogP contribution in [0.2, 0.25) is 0 Å². The zero-order chi connectivity index (χ0) is 23.0. The van der Waals surface area contributed by atoms with Crippen molar-refractivity contribution in [1.29, 1.82) is 0 Å². The summed E-state index contributed by atoms with van der Waals surface area (Å²) in [6.07, 6.45) is 4.67. The Balaban J connectivity index is 1.22. The van der Waals surface area contributed by atoms with Gasteiger partial charge in [-0.3, -0.25) is 9.88 Å². The van der Waals surface area contributed by atoms with Crippen LogP contribution in [0.3, 0.4) is 0 Å². The third-order valence-corrected chi connectivity index (χ3v) is 7.24. The molecule has 3 aliphatic rings. The number of rotatable bonds is 4. The molecule has 9 heteroatoms. The smallest absolute Gasteiger partial charge is 0.409 e. The highest BCUT2D eigenvalue weighted by atomic mass is 19.1. The molecule has 33 heavy (non-hydrogen) atoms. The maximum absolute atomic E-state index is 14.4. The van der Waals surface area contributed by atoms with Crippen molar-refractivity contribution in [3.63, 3.8) is 0 Å². The SMILES string of the molecule is CCOC(=O)N1CC2(CC[C@@H](N3CCN(c4nc(F)ccc4-c4ncccc4F)CC3)C2)C1. The highest BCUT2D eigenvalue weighted by molar-refractivity contribution is 5.73. The van der Waals surface area contributed by atoms with Gasteiger partial charge in [0.2, 0.25) is 5.95 Å². The van der Waals surface area contributed by atoms with Crippen LogP contribution in [-0.4, -0.2) is 77.8 Å². The fourth-order valence-corrected chi connectivity index (χ4v) is 5.62. The van der Waals surface area contributed by atoms with Crippen LogP contribution < -0.4 is 4.90 Å². The Labute approximate surface area is 192 Å². The lowest BCUT2D eigenvalue weighted by atomic mass is 9.78. The van der Waals surface area contributed by atoms with Crippen LogP contribution in [0.25, 0.3) is 11.3 Å². The molecule has 0 N–H and O–H groups in total. The Morgan fingerprint density at radius 1 is 1.18 bits per heavy atom. The zero-order valence-corrected chi connectivity index (χ0v) is 18.8. The molecule has 1 atom stereocenters. The van der Waals surface area contributed by atoms with Gasteiger partial charge in [0.05, 0.1) is 6.61 Å². The molecule has 7 nitrogen and oxygen atoms in total. The molecule has 4 heterocycles. The summed E-state index contributed by atoms with van der Waals surface area (Å²) in [5.74, 6) is -0.583. The van der Waals surface area contributed by atoms with Gasteiger partial charge < -0.3 is 14.5 Å². The van der Waals surface area contributed by atoms with Crippen LogP contribution in [-0.2, 0) is 4.74 Å². The number of hydrogen-bond acceptors (Lipinski definition) is 6. The third kappa shape index (κ3) is 4.26. The van der Waals surface area contributed by atoms with E-state index >= 15 is 0 Å². The van der Waals surface area contributed by atoms with Crippen LogP contribution in [0.5, 0.6) is 0 Å². The number of nitrogens with zero attached hydrogens (tertiary/aromatic N) is 5. The minimum Gasteiger partial charge on any atom is -0.450 e. The van der Waals surface area contributed by atoms with Crippen molar-refractivity contribution in [3.8, 4) is 11.3 Å². The molecular formula is C24H29F2N5O2. The van der Waals surface area contributed by atoms with E-state index in [1.807, 2.05) is 11.8 Å². The van der Waals surface area contributed by atoms with Crippen molar-refractivity contribution >= 4 is 11.9 Å². The average molecular weight is 458 g/mol. The number of amides is 1. The van der Waals surface area contributed by atoms with Gasteiger partial charge in [-0.05, 0) is 50.5 Å². The van der Waals surface area contributed by atoms with E-state index in [1.165, 1.54) is 24.4 Å². The number of piperazine rings is 1. The Bertz CT molecular complexity index is 1020. The second-order valence-corrected chi connectivity index (χ2v) is 9.31. The van der Waals surface area contributed by atoms with Crippen LogP contribution >= 0.6 is 0 Å². The van der Waals surface area contributed by atoms with Crippen molar-refractivity contribution in [1.82, 2.24) is 19.8 Å². The Kier molecular flexibility index (Phi) is 5.90. The first-order chi connectivity index (χ1) is 16.0. The summed E-state index contributed by atoms with van der Waals surface area (Å²) in [6.45, 7) is 6.86. The predicted octanol–water partition coefficient (Wildman–Crippen LogP) is 3.55. The van der Waals surface area contributed by atoms with Gasteiger partial charge in [0.15, 0.2) is 0 Å². The lowest BCUT2D eigenvalue weighted by Gasteiger charge is -2.48. The molecule has 176 valence electrons. The molecule has 1 spiro atoms. The molecule has 2 saturated heterocycles. The molecule has 2 aromatic heterocycles. The van der Waals surface area contributed by atoms with Gasteiger partial charge in [0.25, 0.3) is 0 Å². The van der Waals surface area contributed by atoms with Crippen molar-refractivity contribution < 1.29 is 18.3 Å². The summed E-state index contributed by atoms with van der Waals surface area (Å²) in [7, 11) is 0. The van der Waals surface area contributed by atoms with Gasteiger partial charge in [-0.15, -0.1) is 0 Å². The number of aromatic nitrogens is 2. The third-order valence-electron chi connectivity index (χ3n) is 7.24. The molecule has 0 bridgehead atoms. The quantitative estimate of drug-likeness (QED) is 0.655. The van der Waals surface area contributed by atoms with E-state index in [0.29, 0.717) is 37.1 Å². The molecule has 2 aliphatic heterocycles. The monoisotopic (exact) mass is 457 g/mol. The number of carbonyl (C=O) groups excluding carboxylic acids is 1. The van der Waals surface area contributed by atoms with Gasteiger partial charge >= 0.3 is 6.09 Å². The van der Waals surface area contributed by atoms with Crippen LogP contribution in [0.15, 0.2) is 30.5 Å². The summed E-state index contributed by atoms with van der Waals surface area (Å²) in [5, 5.41) is 0. The number of anilines is 1. The van der Waals surface area contributed by atoms with E-state index in [9.17, 15) is 13.6 Å². The first-order valence-corrected chi connectivity index (χ1v) is 11.7. The maximum Gasteiger partial charge on any atom is 0.409 e. The normalized spacial score (nSPS) is 22.5. The van der Waals surface area contributed by atoms with E-state index in [0.717, 1.165) is 45.4 Å². The van der Waals surface area contributed by atoms with Crippen molar-refractivity contribution in [3.05, 3.63) is 42.2 Å². The molecule has 1 saturated carbocycles. The number of ether oxygens (including phenoxy) is 1. The number of pyridine rings is 2. The van der Waals surface area contributed by atoms with Crippen LogP contribution in [0, 0.1) is 17.2 Å². The highest BCUT2D eigenvalue weighted by Gasteiger charge is 2.51. The largest absolute Gasteiger partial charge is 0.450 e. The second kappa shape index (κ2) is 8.85. The van der Waals surface area contributed by atoms with Gasteiger partial charge in [0.1, 0.15) is 17.3 Å². The number of carbonyl (C=O) groups is 1. The molecule has 1 amide bonds. The minimum atomic E-state index is -0.582. The lowest BCUT2D eigenvalue weighted by Crippen LogP contribution is -2.58. The van der Waals surface area contributed by atoms with E-state index in [1.54, 1.807) is 11.0 Å². The highest BCUT2D eigenvalue weighted by Crippen LogP contribution is 2.47. The zero-order valence-electron chi connectivity index (χ0n) is 18.8. The Morgan fingerprint density at radius 2 is 1.97 bits per heavy atom. The molecule has 5 rings (SSSR count). The van der Waals surface area contributed by atoms with Gasteiger partial charge in [0, 0.05) is 62.5 Å². The fraction of sp³-hybridized carbons (Fsp3) is 0.542. The van der Waals surface area contributed by atoms with Crippen molar-refractivity contribution in [2.45, 2.75) is 32.2 Å². The maximum atomic E-state index is 14.4. The number of halogens is 2. The Morgan fingerprint density at radius 3 is 2.70 bits per heavy atom. The van der Waals surface area contributed by atoms with E-state index < -0.39 is 11.8 Å². The first-order valence-electron chi connectivity index (χ1n) is 11.7. The summed E-state index contributed by atoms with van der Waals surface area (Å²) < 4.78 is 33.5. The summed E-state index contributed by atoms with van der Waals surface area (Å²) in [5.41, 5.74) is 0.926. The summed E-state index contributed by atoms with van der Waals surface area (Å²) >= 11 is 0.